The summed E-state index contributed by atoms with van der Waals surface area (Å²) in [5.74, 6) is 0.315. The molecule has 1 fully saturated rings. The van der Waals surface area contributed by atoms with Crippen LogP contribution in [0, 0.1) is 5.92 Å². The summed E-state index contributed by atoms with van der Waals surface area (Å²) >= 11 is 6.00. The second-order valence-electron chi connectivity index (χ2n) is 4.98. The van der Waals surface area contributed by atoms with E-state index in [4.69, 9.17) is 16.3 Å². The molecule has 0 aromatic heterocycles. The van der Waals surface area contributed by atoms with E-state index in [1.807, 2.05) is 11.6 Å². The van der Waals surface area contributed by atoms with Crippen LogP contribution >= 0.6 is 11.6 Å². The normalized spacial score (nSPS) is 20.3. The quantitative estimate of drug-likeness (QED) is 0.802. The number of carbonyl (C=O) groups excluding carboxylic acids is 1. The Balaban J connectivity index is 2.53. The van der Waals surface area contributed by atoms with Gasteiger partial charge in [0.05, 0.1) is 6.10 Å². The van der Waals surface area contributed by atoms with Crippen molar-refractivity contribution >= 4 is 27.9 Å². The minimum absolute atomic E-state index is 0.0312. The van der Waals surface area contributed by atoms with Crippen LogP contribution in [0.2, 0.25) is 0 Å². The fraction of sp³-hybridized carbons (Fsp3) is 0.909. The fourth-order valence-corrected chi connectivity index (χ4v) is 3.31. The van der Waals surface area contributed by atoms with Crippen molar-refractivity contribution in [3.8, 4) is 0 Å². The van der Waals surface area contributed by atoms with E-state index in [0.29, 0.717) is 31.8 Å². The number of halogens is 1. The molecule has 0 saturated carbocycles. The van der Waals surface area contributed by atoms with Gasteiger partial charge in [-0.2, -0.15) is 12.7 Å². The van der Waals surface area contributed by atoms with Gasteiger partial charge in [0.2, 0.25) is 0 Å². The van der Waals surface area contributed by atoms with E-state index in [9.17, 15) is 13.2 Å². The lowest BCUT2D eigenvalue weighted by Crippen LogP contribution is -2.48. The van der Waals surface area contributed by atoms with Crippen LogP contribution in [0.5, 0.6) is 0 Å². The Hall–Kier alpha value is -0.530. The van der Waals surface area contributed by atoms with Gasteiger partial charge in [-0.15, -0.1) is 11.6 Å². The molecular formula is C11H21ClN2O4S. The zero-order valence-corrected chi connectivity index (χ0v) is 13.0. The highest BCUT2D eigenvalue weighted by Crippen LogP contribution is 2.24. The molecule has 0 radical (unpaired) electrons. The smallest absolute Gasteiger partial charge is 0.422 e. The molecule has 19 heavy (non-hydrogen) atoms. The van der Waals surface area contributed by atoms with Crippen molar-refractivity contribution in [3.05, 3.63) is 0 Å². The van der Waals surface area contributed by atoms with Crippen molar-refractivity contribution in [1.82, 2.24) is 9.03 Å². The number of piperidine rings is 1. The van der Waals surface area contributed by atoms with E-state index >= 15 is 0 Å². The number of ether oxygens (including phenoxy) is 1. The van der Waals surface area contributed by atoms with E-state index in [-0.39, 0.29) is 11.5 Å². The van der Waals surface area contributed by atoms with E-state index in [1.54, 1.807) is 13.8 Å². The second kappa shape index (κ2) is 6.76. The van der Waals surface area contributed by atoms with Crippen LogP contribution in [0.25, 0.3) is 0 Å². The highest BCUT2D eigenvalue weighted by molar-refractivity contribution is 7.87. The van der Waals surface area contributed by atoms with Crippen molar-refractivity contribution in [2.75, 3.05) is 13.1 Å². The maximum Gasteiger partial charge on any atom is 0.422 e. The molecule has 1 rings (SSSR count). The van der Waals surface area contributed by atoms with Crippen molar-refractivity contribution in [2.24, 2.45) is 5.92 Å². The lowest BCUT2D eigenvalue weighted by Gasteiger charge is -2.32. The molecule has 0 spiro atoms. The molecule has 1 aliphatic rings. The van der Waals surface area contributed by atoms with Crippen LogP contribution in [0.4, 0.5) is 4.79 Å². The third-order valence-electron chi connectivity index (χ3n) is 3.04. The Morgan fingerprint density at radius 2 is 1.84 bits per heavy atom. The molecule has 112 valence electrons. The molecule has 1 N–H and O–H groups in total. The van der Waals surface area contributed by atoms with Crippen LogP contribution in [0.1, 0.15) is 33.6 Å². The number of hydrogen-bond acceptors (Lipinski definition) is 4. The average molecular weight is 313 g/mol. The Morgan fingerprint density at radius 3 is 2.26 bits per heavy atom. The fourth-order valence-electron chi connectivity index (χ4n) is 1.98. The lowest BCUT2D eigenvalue weighted by molar-refractivity contribution is 0.120. The molecule has 6 nitrogen and oxygen atoms in total. The van der Waals surface area contributed by atoms with E-state index < -0.39 is 16.3 Å². The van der Waals surface area contributed by atoms with Gasteiger partial charge in [-0.25, -0.2) is 9.52 Å². The van der Waals surface area contributed by atoms with Crippen LogP contribution in [0.15, 0.2) is 0 Å². The predicted molar refractivity (Wildman–Crippen MR) is 73.3 cm³/mol. The first-order valence-electron chi connectivity index (χ1n) is 6.35. The van der Waals surface area contributed by atoms with Gasteiger partial charge in [-0.3, -0.25) is 0 Å². The van der Waals surface area contributed by atoms with Crippen LogP contribution < -0.4 is 4.72 Å². The summed E-state index contributed by atoms with van der Waals surface area (Å²) in [4.78, 5) is 11.3. The molecule has 8 heteroatoms. The largest absolute Gasteiger partial charge is 0.446 e. The first-order chi connectivity index (χ1) is 8.72. The molecular weight excluding hydrogens is 292 g/mol. The van der Waals surface area contributed by atoms with Gasteiger partial charge in [-0.05, 0) is 39.5 Å². The molecule has 1 saturated heterocycles. The standard InChI is InChI=1S/C11H21ClN2O4S/c1-8(2)18-11(15)13-19(16,17)14-6-4-10(5-7-14)9(3)12/h8-10H,4-7H2,1-3H3,(H,13,15). The summed E-state index contributed by atoms with van der Waals surface area (Å²) in [7, 11) is -3.81. The summed E-state index contributed by atoms with van der Waals surface area (Å²) in [5.41, 5.74) is 0. The maximum atomic E-state index is 11.9. The Kier molecular flexibility index (Phi) is 5.88. The van der Waals surface area contributed by atoms with Crippen molar-refractivity contribution < 1.29 is 17.9 Å². The van der Waals surface area contributed by atoms with Crippen LogP contribution in [0.3, 0.4) is 0 Å². The average Bonchev–Trinajstić information content (AvgIpc) is 2.27. The summed E-state index contributed by atoms with van der Waals surface area (Å²) < 4.78 is 31.8. The maximum absolute atomic E-state index is 11.9. The zero-order valence-electron chi connectivity index (χ0n) is 11.4. The van der Waals surface area contributed by atoms with Crippen molar-refractivity contribution in [1.29, 1.82) is 0 Å². The van der Waals surface area contributed by atoms with Crippen LogP contribution in [-0.4, -0.2) is 43.4 Å². The summed E-state index contributed by atoms with van der Waals surface area (Å²) in [5, 5.41) is 0.0312. The minimum atomic E-state index is -3.81. The van der Waals surface area contributed by atoms with Gasteiger partial charge < -0.3 is 4.74 Å². The van der Waals surface area contributed by atoms with E-state index in [1.165, 1.54) is 4.31 Å². The second-order valence-corrected chi connectivity index (χ2v) is 7.33. The molecule has 0 aromatic rings. The molecule has 1 unspecified atom stereocenters. The number of nitrogens with one attached hydrogen (secondary N) is 1. The first-order valence-corrected chi connectivity index (χ1v) is 8.22. The summed E-state index contributed by atoms with van der Waals surface area (Å²) in [6.07, 6.45) is 0.0937. The number of carbonyl (C=O) groups is 1. The summed E-state index contributed by atoms with van der Waals surface area (Å²) in [6, 6.07) is 0. The first kappa shape index (κ1) is 16.5. The monoisotopic (exact) mass is 312 g/mol. The van der Waals surface area contributed by atoms with Gasteiger partial charge in [-0.1, -0.05) is 0 Å². The molecule has 1 atom stereocenters. The molecule has 1 amide bonds. The number of nitrogens with zero attached hydrogens (tertiary/aromatic N) is 1. The topological polar surface area (TPSA) is 75.7 Å². The van der Waals surface area contributed by atoms with Gasteiger partial charge >= 0.3 is 16.3 Å². The highest BCUT2D eigenvalue weighted by atomic mass is 35.5. The molecule has 0 bridgehead atoms. The van der Waals surface area contributed by atoms with Crippen LogP contribution in [-0.2, 0) is 14.9 Å². The van der Waals surface area contributed by atoms with E-state index in [2.05, 4.69) is 0 Å². The van der Waals surface area contributed by atoms with Gasteiger partial charge in [0.1, 0.15) is 0 Å². The minimum Gasteiger partial charge on any atom is -0.446 e. The lowest BCUT2D eigenvalue weighted by atomic mass is 9.95. The van der Waals surface area contributed by atoms with Gasteiger partial charge in [0.25, 0.3) is 0 Å². The van der Waals surface area contributed by atoms with E-state index in [0.717, 1.165) is 0 Å². The Morgan fingerprint density at radius 1 is 1.32 bits per heavy atom. The highest BCUT2D eigenvalue weighted by Gasteiger charge is 2.31. The third-order valence-corrected chi connectivity index (χ3v) is 4.87. The Labute approximate surface area is 119 Å². The summed E-state index contributed by atoms with van der Waals surface area (Å²) in [6.45, 7) is 5.95. The van der Waals surface area contributed by atoms with Crippen molar-refractivity contribution in [3.63, 3.8) is 0 Å². The van der Waals surface area contributed by atoms with Crippen molar-refractivity contribution in [2.45, 2.75) is 45.1 Å². The zero-order chi connectivity index (χ0) is 14.6. The molecule has 1 heterocycles. The predicted octanol–water partition coefficient (Wildman–Crippen LogP) is 1.71. The molecule has 1 aliphatic heterocycles. The van der Waals surface area contributed by atoms with Gasteiger partial charge in [0, 0.05) is 18.5 Å². The molecule has 0 aromatic carbocycles. The van der Waals surface area contributed by atoms with Gasteiger partial charge in [0.15, 0.2) is 0 Å². The number of amides is 1. The number of rotatable bonds is 4. The SMILES string of the molecule is CC(C)OC(=O)NS(=O)(=O)N1CCC(C(C)Cl)CC1. The number of hydrogen-bond donors (Lipinski definition) is 1. The third kappa shape index (κ3) is 5.16. The molecule has 0 aliphatic carbocycles. The number of alkyl halides is 1. The Bertz CT molecular complexity index is 403.